The van der Waals surface area contributed by atoms with Gasteiger partial charge in [0.05, 0.1) is 11.5 Å². The number of hydrogen-bond donors (Lipinski definition) is 1. The zero-order valence-corrected chi connectivity index (χ0v) is 14.2. The van der Waals surface area contributed by atoms with Gasteiger partial charge in [-0.1, -0.05) is 36.6 Å². The highest BCUT2D eigenvalue weighted by molar-refractivity contribution is 7.91. The third kappa shape index (κ3) is 4.55. The van der Waals surface area contributed by atoms with E-state index in [0.29, 0.717) is 11.7 Å². The van der Waals surface area contributed by atoms with Gasteiger partial charge in [-0.25, -0.2) is 8.42 Å². The van der Waals surface area contributed by atoms with Gasteiger partial charge < -0.3 is 5.32 Å². The van der Waals surface area contributed by atoms with Gasteiger partial charge in [-0.15, -0.1) is 0 Å². The fourth-order valence-corrected chi connectivity index (χ4v) is 5.45. The largest absolute Gasteiger partial charge is 0.312 e. The molecule has 1 N–H and O–H groups in total. The molecular weight excluding hydrogens is 282 g/mol. The molecule has 1 saturated carbocycles. The Kier molecular flexibility index (Phi) is 5.44. The van der Waals surface area contributed by atoms with Crippen molar-refractivity contribution >= 4 is 9.84 Å². The zero-order chi connectivity index (χ0) is 15.5. The smallest absolute Gasteiger partial charge is 0.152 e. The van der Waals surface area contributed by atoms with Gasteiger partial charge in [0, 0.05) is 6.04 Å². The van der Waals surface area contributed by atoms with E-state index in [0.717, 1.165) is 24.0 Å². The third-order valence-corrected chi connectivity index (χ3v) is 6.35. The molecule has 0 heterocycles. The van der Waals surface area contributed by atoms with Crippen molar-refractivity contribution in [2.75, 3.05) is 18.6 Å². The van der Waals surface area contributed by atoms with Crippen LogP contribution in [0.3, 0.4) is 0 Å². The van der Waals surface area contributed by atoms with E-state index in [1.165, 1.54) is 18.4 Å². The molecule has 1 aliphatic carbocycles. The Morgan fingerprint density at radius 3 is 2.48 bits per heavy atom. The van der Waals surface area contributed by atoms with Crippen LogP contribution in [-0.2, 0) is 9.84 Å². The van der Waals surface area contributed by atoms with Crippen molar-refractivity contribution in [3.8, 4) is 0 Å². The second-order valence-electron chi connectivity index (χ2n) is 6.43. The molecule has 0 bridgehead atoms. The Morgan fingerprint density at radius 1 is 1.24 bits per heavy atom. The van der Waals surface area contributed by atoms with Crippen LogP contribution < -0.4 is 5.32 Å². The van der Waals surface area contributed by atoms with Crippen LogP contribution in [0.5, 0.6) is 0 Å². The molecule has 0 aromatic heterocycles. The molecule has 1 aromatic carbocycles. The van der Waals surface area contributed by atoms with Crippen LogP contribution in [0.2, 0.25) is 0 Å². The number of aryl methyl sites for hydroxylation is 2. The molecule has 1 aromatic rings. The van der Waals surface area contributed by atoms with Crippen LogP contribution in [0.15, 0.2) is 18.2 Å². The summed E-state index contributed by atoms with van der Waals surface area (Å²) < 4.78 is 24.9. The molecule has 0 saturated heterocycles. The van der Waals surface area contributed by atoms with Crippen LogP contribution in [-0.4, -0.2) is 27.0 Å². The number of hydrogen-bond acceptors (Lipinski definition) is 3. The van der Waals surface area contributed by atoms with Crippen molar-refractivity contribution in [3.05, 3.63) is 34.9 Å². The van der Waals surface area contributed by atoms with Gasteiger partial charge >= 0.3 is 0 Å². The van der Waals surface area contributed by atoms with Crippen molar-refractivity contribution in [2.24, 2.45) is 5.92 Å². The standard InChI is InChI=1S/C17H27NO2S/c1-13-8-9-16(14(2)10-13)17(18-3)12-21(19,20)11-15-6-4-5-7-15/h8-10,15,17-18H,4-7,11-12H2,1-3H3. The van der Waals surface area contributed by atoms with Crippen molar-refractivity contribution in [2.45, 2.75) is 45.6 Å². The topological polar surface area (TPSA) is 46.2 Å². The molecule has 0 spiro atoms. The summed E-state index contributed by atoms with van der Waals surface area (Å²) in [5, 5.41) is 3.18. The van der Waals surface area contributed by atoms with Gasteiger partial charge in [-0.3, -0.25) is 0 Å². The van der Waals surface area contributed by atoms with Gasteiger partial charge in [0.25, 0.3) is 0 Å². The van der Waals surface area contributed by atoms with Gasteiger partial charge in [0.15, 0.2) is 9.84 Å². The van der Waals surface area contributed by atoms with Crippen LogP contribution in [0.25, 0.3) is 0 Å². The SMILES string of the molecule is CNC(CS(=O)(=O)CC1CCCC1)c1ccc(C)cc1C. The average Bonchev–Trinajstić information content (AvgIpc) is 2.88. The lowest BCUT2D eigenvalue weighted by molar-refractivity contribution is 0.545. The molecule has 0 amide bonds. The molecule has 0 aliphatic heterocycles. The van der Waals surface area contributed by atoms with E-state index in [1.807, 2.05) is 7.05 Å². The molecule has 4 heteroatoms. The first kappa shape index (κ1) is 16.5. The highest BCUT2D eigenvalue weighted by Gasteiger charge is 2.26. The van der Waals surface area contributed by atoms with Crippen LogP contribution >= 0.6 is 0 Å². The summed E-state index contributed by atoms with van der Waals surface area (Å²) in [4.78, 5) is 0. The molecular formula is C17H27NO2S. The van der Waals surface area contributed by atoms with Crippen LogP contribution in [0.1, 0.15) is 48.4 Å². The van der Waals surface area contributed by atoms with E-state index < -0.39 is 9.84 Å². The Morgan fingerprint density at radius 2 is 1.90 bits per heavy atom. The lowest BCUT2D eigenvalue weighted by Gasteiger charge is -2.20. The van der Waals surface area contributed by atoms with E-state index in [9.17, 15) is 8.42 Å². The first-order chi connectivity index (χ1) is 9.91. The molecule has 2 rings (SSSR count). The summed E-state index contributed by atoms with van der Waals surface area (Å²) >= 11 is 0. The molecule has 1 aliphatic rings. The summed E-state index contributed by atoms with van der Waals surface area (Å²) in [5.74, 6) is 0.937. The Balaban J connectivity index is 2.10. The number of nitrogens with one attached hydrogen (secondary N) is 1. The second-order valence-corrected chi connectivity index (χ2v) is 8.58. The first-order valence-electron chi connectivity index (χ1n) is 7.86. The molecule has 3 nitrogen and oxygen atoms in total. The predicted molar refractivity (Wildman–Crippen MR) is 88.3 cm³/mol. The summed E-state index contributed by atoms with van der Waals surface area (Å²) in [6.07, 6.45) is 4.53. The van der Waals surface area contributed by atoms with Crippen LogP contribution in [0.4, 0.5) is 0 Å². The van der Waals surface area contributed by atoms with E-state index in [1.54, 1.807) is 0 Å². The number of benzene rings is 1. The van der Waals surface area contributed by atoms with Gasteiger partial charge in [-0.05, 0) is 50.8 Å². The zero-order valence-electron chi connectivity index (χ0n) is 13.4. The number of rotatable bonds is 6. The summed E-state index contributed by atoms with van der Waals surface area (Å²) in [6, 6.07) is 6.10. The minimum atomic E-state index is -3.01. The van der Waals surface area contributed by atoms with Gasteiger partial charge in [-0.2, -0.15) is 0 Å². The van der Waals surface area contributed by atoms with E-state index in [-0.39, 0.29) is 11.8 Å². The maximum Gasteiger partial charge on any atom is 0.152 e. The maximum absolute atomic E-state index is 12.5. The van der Waals surface area contributed by atoms with E-state index in [4.69, 9.17) is 0 Å². The van der Waals surface area contributed by atoms with Crippen molar-refractivity contribution in [1.82, 2.24) is 5.32 Å². The predicted octanol–water partition coefficient (Wildman–Crippen LogP) is 3.17. The molecule has 1 atom stereocenters. The quantitative estimate of drug-likeness (QED) is 0.878. The molecule has 1 fully saturated rings. The fraction of sp³-hybridized carbons (Fsp3) is 0.647. The Labute approximate surface area is 129 Å². The minimum Gasteiger partial charge on any atom is -0.312 e. The summed E-state index contributed by atoms with van der Waals surface area (Å²) in [5.41, 5.74) is 3.46. The minimum absolute atomic E-state index is 0.114. The molecule has 21 heavy (non-hydrogen) atoms. The van der Waals surface area contributed by atoms with Crippen molar-refractivity contribution in [3.63, 3.8) is 0 Å². The molecule has 0 radical (unpaired) electrons. The highest BCUT2D eigenvalue weighted by atomic mass is 32.2. The average molecular weight is 309 g/mol. The maximum atomic E-state index is 12.5. The first-order valence-corrected chi connectivity index (χ1v) is 9.68. The summed E-state index contributed by atoms with van der Waals surface area (Å²) in [6.45, 7) is 4.11. The highest BCUT2D eigenvalue weighted by Crippen LogP contribution is 2.27. The van der Waals surface area contributed by atoms with E-state index >= 15 is 0 Å². The Hall–Kier alpha value is -0.870. The van der Waals surface area contributed by atoms with Crippen molar-refractivity contribution in [1.29, 1.82) is 0 Å². The van der Waals surface area contributed by atoms with Crippen LogP contribution in [0, 0.1) is 19.8 Å². The summed E-state index contributed by atoms with van der Waals surface area (Å²) in [7, 11) is -1.17. The molecule has 118 valence electrons. The van der Waals surface area contributed by atoms with Gasteiger partial charge in [0.2, 0.25) is 0 Å². The second kappa shape index (κ2) is 6.93. The van der Waals surface area contributed by atoms with E-state index in [2.05, 4.69) is 37.4 Å². The monoisotopic (exact) mass is 309 g/mol. The normalized spacial score (nSPS) is 18.0. The molecule has 1 unspecified atom stereocenters. The third-order valence-electron chi connectivity index (χ3n) is 4.53. The lowest BCUT2D eigenvalue weighted by Crippen LogP contribution is -2.28. The lowest BCUT2D eigenvalue weighted by atomic mass is 10.0. The Bertz CT molecular complexity index is 574. The fourth-order valence-electron chi connectivity index (χ4n) is 3.40. The van der Waals surface area contributed by atoms with Gasteiger partial charge in [0.1, 0.15) is 0 Å². The number of sulfone groups is 1. The van der Waals surface area contributed by atoms with Crippen molar-refractivity contribution < 1.29 is 8.42 Å².